The van der Waals surface area contributed by atoms with Crippen molar-refractivity contribution in [2.75, 3.05) is 7.11 Å². The lowest BCUT2D eigenvalue weighted by atomic mass is 9.73. The van der Waals surface area contributed by atoms with Gasteiger partial charge in [-0.05, 0) is 43.7 Å². The summed E-state index contributed by atoms with van der Waals surface area (Å²) in [4.78, 5) is 5.05. The van der Waals surface area contributed by atoms with Gasteiger partial charge in [-0.3, -0.25) is 0 Å². The maximum Gasteiger partial charge on any atom is 0.130 e. The minimum Gasteiger partial charge on any atom is -0.507 e. The van der Waals surface area contributed by atoms with Gasteiger partial charge in [0.05, 0.1) is 5.71 Å². The minimum absolute atomic E-state index is 0.0998. The van der Waals surface area contributed by atoms with Crippen LogP contribution in [0.1, 0.15) is 56.2 Å². The maximum absolute atomic E-state index is 10.5. The average molecular weight is 289 g/mol. The summed E-state index contributed by atoms with van der Waals surface area (Å²) in [7, 11) is 1.57. The number of ether oxygens (including phenoxy) is 1. The van der Waals surface area contributed by atoms with Crippen molar-refractivity contribution in [1.29, 1.82) is 0 Å². The maximum atomic E-state index is 10.5. The third kappa shape index (κ3) is 2.17. The van der Waals surface area contributed by atoms with E-state index in [9.17, 15) is 5.11 Å². The molecule has 114 valence electrons. The Kier molecular flexibility index (Phi) is 3.56. The van der Waals surface area contributed by atoms with E-state index in [1.807, 2.05) is 19.9 Å². The molecule has 0 atom stereocenters. The first-order valence-corrected chi connectivity index (χ1v) is 7.81. The Balaban J connectivity index is 2.19. The molecule has 1 saturated carbocycles. The van der Waals surface area contributed by atoms with Crippen LogP contribution in [0.15, 0.2) is 11.2 Å². The van der Waals surface area contributed by atoms with E-state index in [0.717, 1.165) is 60.3 Å². The van der Waals surface area contributed by atoms with Crippen molar-refractivity contribution in [3.8, 4) is 11.5 Å². The van der Waals surface area contributed by atoms with E-state index in [1.165, 1.54) is 6.42 Å². The zero-order valence-electron chi connectivity index (χ0n) is 13.0. The quantitative estimate of drug-likeness (QED) is 0.865. The Morgan fingerprint density at radius 1 is 1.33 bits per heavy atom. The number of oxime groups is 1. The number of aromatic hydroxyl groups is 1. The Bertz CT molecular complexity index is 588. The number of hydrogen-bond acceptors (Lipinski definition) is 4. The molecule has 1 aliphatic heterocycles. The highest BCUT2D eigenvalue weighted by Crippen LogP contribution is 2.48. The average Bonchev–Trinajstić information content (AvgIpc) is 2.45. The molecule has 0 amide bonds. The largest absolute Gasteiger partial charge is 0.507 e. The molecular weight excluding hydrogens is 266 g/mol. The van der Waals surface area contributed by atoms with E-state index in [0.29, 0.717) is 5.75 Å². The smallest absolute Gasteiger partial charge is 0.130 e. The monoisotopic (exact) mass is 289 g/mol. The molecule has 2 aliphatic rings. The lowest BCUT2D eigenvalue weighted by molar-refractivity contribution is -0.00594. The van der Waals surface area contributed by atoms with Crippen LogP contribution in [0.3, 0.4) is 0 Å². The molecule has 1 aliphatic carbocycles. The van der Waals surface area contributed by atoms with Gasteiger partial charge in [0.25, 0.3) is 0 Å². The van der Waals surface area contributed by atoms with Gasteiger partial charge in [0.2, 0.25) is 0 Å². The zero-order valence-corrected chi connectivity index (χ0v) is 13.0. The number of benzene rings is 1. The predicted molar refractivity (Wildman–Crippen MR) is 82.2 cm³/mol. The molecule has 1 spiro atoms. The number of aryl methyl sites for hydroxylation is 1. The summed E-state index contributed by atoms with van der Waals surface area (Å²) in [5.41, 5.74) is 3.62. The number of fused-ring (bicyclic) bond motifs is 1. The van der Waals surface area contributed by atoms with E-state index in [4.69, 9.17) is 9.57 Å². The highest BCUT2D eigenvalue weighted by molar-refractivity contribution is 6.06. The van der Waals surface area contributed by atoms with Gasteiger partial charge in [-0.15, -0.1) is 0 Å². The standard InChI is InChI=1S/C17H23NO3/c1-4-11-9-14-15(12(5-2)16(11)19)13(18-20-3)10-17(21-14)7-6-8-17/h9,19H,4-8,10H2,1-3H3. The van der Waals surface area contributed by atoms with E-state index in [2.05, 4.69) is 5.16 Å². The SMILES string of the molecule is CCc1cc2c(c(CC)c1O)C(=NOC)CC1(CCC1)O2. The first-order valence-electron chi connectivity index (χ1n) is 7.81. The topological polar surface area (TPSA) is 51.1 Å². The van der Waals surface area contributed by atoms with Crippen LogP contribution in [0.25, 0.3) is 0 Å². The summed E-state index contributed by atoms with van der Waals surface area (Å²) in [6.07, 6.45) is 5.65. The second-order valence-corrected chi connectivity index (χ2v) is 5.98. The van der Waals surface area contributed by atoms with Crippen molar-refractivity contribution >= 4 is 5.71 Å². The molecule has 0 aromatic heterocycles. The first kappa shape index (κ1) is 14.2. The van der Waals surface area contributed by atoms with Gasteiger partial charge >= 0.3 is 0 Å². The lowest BCUT2D eigenvalue weighted by Gasteiger charge is -2.45. The molecule has 1 N–H and O–H groups in total. The van der Waals surface area contributed by atoms with Crippen molar-refractivity contribution in [2.45, 2.75) is 58.0 Å². The summed E-state index contributed by atoms with van der Waals surface area (Å²) in [6, 6.07) is 1.98. The molecule has 4 heteroatoms. The van der Waals surface area contributed by atoms with Gasteiger partial charge in [-0.1, -0.05) is 19.0 Å². The van der Waals surface area contributed by atoms with Crippen LogP contribution >= 0.6 is 0 Å². The molecule has 0 bridgehead atoms. The fourth-order valence-corrected chi connectivity index (χ4v) is 3.47. The van der Waals surface area contributed by atoms with Gasteiger partial charge in [0.15, 0.2) is 0 Å². The predicted octanol–water partition coefficient (Wildman–Crippen LogP) is 3.57. The van der Waals surface area contributed by atoms with Crippen LogP contribution in [0.4, 0.5) is 0 Å². The fourth-order valence-electron chi connectivity index (χ4n) is 3.47. The second-order valence-electron chi connectivity index (χ2n) is 5.98. The van der Waals surface area contributed by atoms with Gasteiger partial charge < -0.3 is 14.7 Å². The number of rotatable bonds is 3. The summed E-state index contributed by atoms with van der Waals surface area (Å²) in [5, 5.41) is 14.7. The van der Waals surface area contributed by atoms with E-state index in [-0.39, 0.29) is 5.60 Å². The Labute approximate surface area is 125 Å². The van der Waals surface area contributed by atoms with Crippen LogP contribution in [0, 0.1) is 0 Å². The molecule has 4 nitrogen and oxygen atoms in total. The van der Waals surface area contributed by atoms with Crippen LogP contribution in [-0.2, 0) is 17.7 Å². The molecule has 0 saturated heterocycles. The number of phenolic OH excluding ortho intramolecular Hbond substituents is 1. The molecule has 1 aromatic carbocycles. The van der Waals surface area contributed by atoms with Gasteiger partial charge in [0, 0.05) is 17.5 Å². The normalized spacial score (nSPS) is 20.8. The number of hydrogen-bond donors (Lipinski definition) is 1. The van der Waals surface area contributed by atoms with Crippen molar-refractivity contribution in [2.24, 2.45) is 5.16 Å². The molecular formula is C17H23NO3. The van der Waals surface area contributed by atoms with Gasteiger partial charge in [-0.2, -0.15) is 0 Å². The van der Waals surface area contributed by atoms with Crippen molar-refractivity contribution < 1.29 is 14.7 Å². The van der Waals surface area contributed by atoms with E-state index < -0.39 is 0 Å². The summed E-state index contributed by atoms with van der Waals surface area (Å²) in [6.45, 7) is 4.10. The van der Waals surface area contributed by atoms with Crippen LogP contribution in [-0.4, -0.2) is 23.5 Å². The fraction of sp³-hybridized carbons (Fsp3) is 0.588. The summed E-state index contributed by atoms with van der Waals surface area (Å²) in [5.74, 6) is 1.25. The minimum atomic E-state index is -0.0998. The number of phenols is 1. The highest BCUT2D eigenvalue weighted by atomic mass is 16.6. The molecule has 1 heterocycles. The van der Waals surface area contributed by atoms with Crippen LogP contribution < -0.4 is 4.74 Å². The summed E-state index contributed by atoms with van der Waals surface area (Å²) >= 11 is 0. The van der Waals surface area contributed by atoms with E-state index >= 15 is 0 Å². The molecule has 1 fully saturated rings. The summed E-state index contributed by atoms with van der Waals surface area (Å²) < 4.78 is 6.32. The second kappa shape index (κ2) is 5.24. The molecule has 21 heavy (non-hydrogen) atoms. The van der Waals surface area contributed by atoms with Gasteiger partial charge in [-0.25, -0.2) is 0 Å². The highest BCUT2D eigenvalue weighted by Gasteiger charge is 2.45. The van der Waals surface area contributed by atoms with Crippen molar-refractivity contribution in [3.05, 3.63) is 22.8 Å². The Morgan fingerprint density at radius 3 is 2.62 bits per heavy atom. The van der Waals surface area contributed by atoms with Crippen molar-refractivity contribution in [1.82, 2.24) is 0 Å². The lowest BCUT2D eigenvalue weighted by Crippen LogP contribution is -2.48. The van der Waals surface area contributed by atoms with Gasteiger partial charge in [0.1, 0.15) is 24.2 Å². The molecule has 1 aromatic rings. The Hall–Kier alpha value is -1.71. The molecule has 0 unspecified atom stereocenters. The number of nitrogens with zero attached hydrogens (tertiary/aromatic N) is 1. The zero-order chi connectivity index (χ0) is 15.0. The Morgan fingerprint density at radius 2 is 2.10 bits per heavy atom. The van der Waals surface area contributed by atoms with Crippen LogP contribution in [0.2, 0.25) is 0 Å². The first-order chi connectivity index (χ1) is 10.1. The van der Waals surface area contributed by atoms with E-state index in [1.54, 1.807) is 7.11 Å². The third-order valence-corrected chi connectivity index (χ3v) is 4.75. The molecule has 3 rings (SSSR count). The van der Waals surface area contributed by atoms with Crippen molar-refractivity contribution in [3.63, 3.8) is 0 Å². The third-order valence-electron chi connectivity index (χ3n) is 4.75. The van der Waals surface area contributed by atoms with Crippen LogP contribution in [0.5, 0.6) is 11.5 Å². The molecule has 0 radical (unpaired) electrons.